The van der Waals surface area contributed by atoms with Gasteiger partial charge in [0.15, 0.2) is 0 Å². The van der Waals surface area contributed by atoms with Gasteiger partial charge in [0.1, 0.15) is 0 Å². The first-order chi connectivity index (χ1) is 17.8. The zero-order valence-corrected chi connectivity index (χ0v) is 22.5. The number of hydrogen-bond donors (Lipinski definition) is 0. The molecule has 1 aliphatic rings. The van der Waals surface area contributed by atoms with Gasteiger partial charge in [0.05, 0.1) is 16.2 Å². The molecule has 0 amide bonds. The Hall–Kier alpha value is -3.79. The zero-order chi connectivity index (χ0) is 24.0. The maximum atomic E-state index is 6.26. The number of benzene rings is 3. The molecule has 0 spiro atoms. The Morgan fingerprint density at radius 1 is 0.757 bits per heavy atom. The molecule has 3 heterocycles. The van der Waals surface area contributed by atoms with Gasteiger partial charge in [-0.3, -0.25) is 9.67 Å². The predicted molar refractivity (Wildman–Crippen MR) is 141 cm³/mol. The van der Waals surface area contributed by atoms with E-state index in [9.17, 15) is 0 Å². The van der Waals surface area contributed by atoms with Crippen molar-refractivity contribution in [2.24, 2.45) is 0 Å². The molecule has 1 aliphatic carbocycles. The molecule has 0 N–H and O–H groups in total. The van der Waals surface area contributed by atoms with E-state index >= 15 is 0 Å². The molecule has 0 saturated heterocycles. The molecular formula is C31H19N3OPtS. The Morgan fingerprint density at radius 2 is 1.51 bits per heavy atom. The minimum Gasteiger partial charge on any atom is -0.494 e. The standard InChI is InChI=1S/C31H19N3OS.Pt/c1-3-13-27-25(11-1)26-12-2-4-14-28(26)31(27,29-15-5-6-16-32-29)22-9-7-10-24(19-22)35-30-20-23(21-36-30)34-18-8-17-33-34;/h1-18,21H;/q-2;+2. The van der Waals surface area contributed by atoms with Crippen LogP contribution in [-0.2, 0) is 26.5 Å². The average molecular weight is 677 g/mol. The molecule has 4 nitrogen and oxygen atoms in total. The van der Waals surface area contributed by atoms with E-state index in [0.29, 0.717) is 10.8 Å². The van der Waals surface area contributed by atoms with Crippen LogP contribution in [0.4, 0.5) is 0 Å². The number of pyridine rings is 1. The van der Waals surface area contributed by atoms with E-state index in [0.717, 1.165) is 16.9 Å². The molecule has 0 atom stereocenters. The summed E-state index contributed by atoms with van der Waals surface area (Å²) in [6.07, 6.45) is 5.50. The van der Waals surface area contributed by atoms with E-state index in [1.165, 1.54) is 33.6 Å². The molecule has 0 unspecified atom stereocenters. The van der Waals surface area contributed by atoms with Crippen LogP contribution in [0.5, 0.6) is 10.8 Å². The third-order valence-corrected chi connectivity index (χ3v) is 7.38. The number of fused-ring (bicyclic) bond motifs is 3. The van der Waals surface area contributed by atoms with Crippen molar-refractivity contribution in [3.8, 4) is 27.6 Å². The fraction of sp³-hybridized carbons (Fsp3) is 0.0323. The van der Waals surface area contributed by atoms with Gasteiger partial charge in [-0.1, -0.05) is 60.3 Å². The van der Waals surface area contributed by atoms with Gasteiger partial charge < -0.3 is 4.74 Å². The summed E-state index contributed by atoms with van der Waals surface area (Å²) in [5.41, 5.74) is 7.01. The van der Waals surface area contributed by atoms with Crippen molar-refractivity contribution in [2.75, 3.05) is 0 Å². The predicted octanol–water partition coefficient (Wildman–Crippen LogP) is 7.08. The normalized spacial score (nSPS) is 12.9. The minimum atomic E-state index is -0.604. The fourth-order valence-electron chi connectivity index (χ4n) is 5.19. The minimum absolute atomic E-state index is 0. The van der Waals surface area contributed by atoms with Gasteiger partial charge in [-0.2, -0.15) is 23.3 Å². The van der Waals surface area contributed by atoms with Crippen LogP contribution in [0.15, 0.2) is 115 Å². The summed E-state index contributed by atoms with van der Waals surface area (Å²) in [7, 11) is 0. The second-order valence-electron chi connectivity index (χ2n) is 8.57. The molecule has 6 heteroatoms. The van der Waals surface area contributed by atoms with Crippen LogP contribution in [0.25, 0.3) is 16.8 Å². The first-order valence-corrected chi connectivity index (χ1v) is 12.5. The van der Waals surface area contributed by atoms with Gasteiger partial charge in [0.25, 0.3) is 0 Å². The summed E-state index contributed by atoms with van der Waals surface area (Å²) in [4.78, 5) is 4.88. The van der Waals surface area contributed by atoms with Crippen molar-refractivity contribution in [3.05, 3.63) is 149 Å². The van der Waals surface area contributed by atoms with Crippen LogP contribution < -0.4 is 4.74 Å². The fourth-order valence-corrected chi connectivity index (χ4v) is 5.88. The van der Waals surface area contributed by atoms with E-state index in [1.807, 2.05) is 48.1 Å². The molecule has 7 rings (SSSR count). The van der Waals surface area contributed by atoms with Gasteiger partial charge in [0.2, 0.25) is 0 Å². The summed E-state index contributed by atoms with van der Waals surface area (Å²) in [5.74, 6) is 0.634. The van der Waals surface area contributed by atoms with E-state index in [-0.39, 0.29) is 21.1 Å². The van der Waals surface area contributed by atoms with Crippen LogP contribution in [0.3, 0.4) is 0 Å². The van der Waals surface area contributed by atoms with Gasteiger partial charge in [-0.15, -0.1) is 23.1 Å². The van der Waals surface area contributed by atoms with E-state index < -0.39 is 5.41 Å². The molecule has 3 aromatic carbocycles. The molecule has 0 fully saturated rings. The zero-order valence-electron chi connectivity index (χ0n) is 19.4. The molecule has 0 bridgehead atoms. The number of rotatable bonds is 5. The molecule has 180 valence electrons. The molecule has 6 aromatic rings. The van der Waals surface area contributed by atoms with E-state index in [4.69, 9.17) is 9.72 Å². The van der Waals surface area contributed by atoms with Crippen molar-refractivity contribution in [1.82, 2.24) is 14.8 Å². The smallest absolute Gasteiger partial charge is 0.494 e. The van der Waals surface area contributed by atoms with Crippen LogP contribution in [0.1, 0.15) is 22.4 Å². The van der Waals surface area contributed by atoms with Gasteiger partial charge in [-0.25, -0.2) is 11.3 Å². The largest absolute Gasteiger partial charge is 2.00 e. The number of thiophene rings is 1. The number of aromatic nitrogens is 3. The van der Waals surface area contributed by atoms with E-state index in [1.54, 1.807) is 10.9 Å². The van der Waals surface area contributed by atoms with Crippen LogP contribution in [0.2, 0.25) is 0 Å². The summed E-state index contributed by atoms with van der Waals surface area (Å²) in [6.45, 7) is 0. The summed E-state index contributed by atoms with van der Waals surface area (Å²) in [6, 6.07) is 38.1. The Kier molecular flexibility index (Phi) is 6.11. The monoisotopic (exact) mass is 676 g/mol. The van der Waals surface area contributed by atoms with Crippen molar-refractivity contribution in [3.63, 3.8) is 0 Å². The third kappa shape index (κ3) is 3.78. The Labute approximate surface area is 233 Å². The molecule has 0 saturated carbocycles. The van der Waals surface area contributed by atoms with Crippen LogP contribution >= 0.6 is 11.3 Å². The summed E-state index contributed by atoms with van der Waals surface area (Å²) in [5, 5.41) is 6.92. The van der Waals surface area contributed by atoms with Gasteiger partial charge in [0, 0.05) is 24.3 Å². The Morgan fingerprint density at radius 3 is 2.22 bits per heavy atom. The molecule has 0 aliphatic heterocycles. The first kappa shape index (κ1) is 23.6. The maximum absolute atomic E-state index is 6.26. The number of hydrogen-bond acceptors (Lipinski definition) is 4. The van der Waals surface area contributed by atoms with Crippen molar-refractivity contribution in [2.45, 2.75) is 5.41 Å². The second kappa shape index (κ2) is 9.58. The van der Waals surface area contributed by atoms with Gasteiger partial charge in [-0.05, 0) is 40.5 Å². The van der Waals surface area contributed by atoms with Gasteiger partial charge >= 0.3 is 21.1 Å². The quantitative estimate of drug-likeness (QED) is 0.183. The first-order valence-electron chi connectivity index (χ1n) is 11.7. The summed E-state index contributed by atoms with van der Waals surface area (Å²) < 4.78 is 8.03. The Balaban J connectivity index is 0.00000252. The van der Waals surface area contributed by atoms with Crippen molar-refractivity contribution >= 4 is 11.3 Å². The van der Waals surface area contributed by atoms with E-state index in [2.05, 4.69) is 77.9 Å². The maximum Gasteiger partial charge on any atom is 2.00 e. The van der Waals surface area contributed by atoms with Crippen molar-refractivity contribution < 1.29 is 25.8 Å². The second-order valence-corrected chi connectivity index (χ2v) is 9.41. The molecular weight excluding hydrogens is 658 g/mol. The number of ether oxygens (including phenoxy) is 1. The van der Waals surface area contributed by atoms with Crippen LogP contribution in [0, 0.1) is 12.1 Å². The molecule has 37 heavy (non-hydrogen) atoms. The third-order valence-electron chi connectivity index (χ3n) is 6.64. The average Bonchev–Trinajstić information content (AvgIpc) is 3.68. The number of nitrogens with zero attached hydrogens (tertiary/aromatic N) is 3. The summed E-state index contributed by atoms with van der Waals surface area (Å²) >= 11 is 1.48. The topological polar surface area (TPSA) is 39.9 Å². The molecule has 0 radical (unpaired) electrons. The Bertz CT molecular complexity index is 1630. The molecule has 3 aromatic heterocycles. The van der Waals surface area contributed by atoms with Crippen LogP contribution in [-0.4, -0.2) is 14.8 Å². The van der Waals surface area contributed by atoms with Crippen molar-refractivity contribution in [1.29, 1.82) is 0 Å². The SMILES string of the molecule is [Pt+2].[c-]1c(Oc2[c-]c(-n3cccn3)cs2)cccc1C1(c2ccccn2)c2ccccc2-c2ccccc21.